The van der Waals surface area contributed by atoms with Gasteiger partial charge in [-0.2, -0.15) is 0 Å². The predicted octanol–water partition coefficient (Wildman–Crippen LogP) is 10.9. The Balaban J connectivity index is 1.10. The third-order valence-corrected chi connectivity index (χ3v) is 15.0. The average molecular weight is 674 g/mol. The van der Waals surface area contributed by atoms with E-state index in [9.17, 15) is 0 Å². The van der Waals surface area contributed by atoms with Crippen molar-refractivity contribution >= 4 is 60.7 Å². The Labute approximate surface area is 295 Å². The van der Waals surface area contributed by atoms with E-state index in [0.29, 0.717) is 17.5 Å². The van der Waals surface area contributed by atoms with E-state index in [0.717, 1.165) is 16.7 Å². The van der Waals surface area contributed by atoms with Gasteiger partial charge in [0.05, 0.1) is 0 Å². The maximum absolute atomic E-state index is 5.14. The molecular formula is C45H31N3SSi. The van der Waals surface area contributed by atoms with E-state index < -0.39 is 8.07 Å². The summed E-state index contributed by atoms with van der Waals surface area (Å²) in [5.74, 6) is 2.05. The van der Waals surface area contributed by atoms with E-state index in [1.54, 1.807) is 0 Å². The van der Waals surface area contributed by atoms with Crippen LogP contribution in [-0.4, -0.2) is 23.0 Å². The number of benzene rings is 7. The van der Waals surface area contributed by atoms with Crippen LogP contribution in [0.1, 0.15) is 0 Å². The van der Waals surface area contributed by atoms with Crippen LogP contribution >= 0.6 is 11.3 Å². The van der Waals surface area contributed by atoms with Gasteiger partial charge in [0.25, 0.3) is 0 Å². The zero-order chi connectivity index (χ0) is 33.4. The Morgan fingerprint density at radius 2 is 1.02 bits per heavy atom. The maximum atomic E-state index is 5.14. The second kappa shape index (κ2) is 11.1. The molecule has 0 amide bonds. The summed E-state index contributed by atoms with van der Waals surface area (Å²) in [5, 5.41) is 8.15. The second-order valence-electron chi connectivity index (χ2n) is 13.6. The summed E-state index contributed by atoms with van der Waals surface area (Å²) in [5.41, 5.74) is 8.09. The van der Waals surface area contributed by atoms with Crippen molar-refractivity contribution in [2.24, 2.45) is 0 Å². The average Bonchev–Trinajstić information content (AvgIpc) is 3.67. The molecule has 50 heavy (non-hydrogen) atoms. The molecule has 0 saturated carbocycles. The van der Waals surface area contributed by atoms with Gasteiger partial charge < -0.3 is 0 Å². The van der Waals surface area contributed by atoms with Gasteiger partial charge in [-0.05, 0) is 55.5 Å². The third kappa shape index (κ3) is 4.51. The number of hydrogen-bond acceptors (Lipinski definition) is 4. The number of hydrogen-bond donors (Lipinski definition) is 0. The molecule has 0 spiro atoms. The van der Waals surface area contributed by atoms with Gasteiger partial charge in [0, 0.05) is 36.9 Å². The maximum Gasteiger partial charge on any atom is 0.164 e. The highest BCUT2D eigenvalue weighted by atomic mass is 32.1. The molecule has 236 valence electrons. The minimum Gasteiger partial charge on any atom is -0.208 e. The Morgan fingerprint density at radius 3 is 1.84 bits per heavy atom. The first-order valence-corrected chi connectivity index (χ1v) is 20.8. The third-order valence-electron chi connectivity index (χ3n) is 10.4. The van der Waals surface area contributed by atoms with Gasteiger partial charge in [0.2, 0.25) is 0 Å². The fraction of sp³-hybridized carbons (Fsp3) is 0.0444. The summed E-state index contributed by atoms with van der Waals surface area (Å²) >= 11 is 1.86. The van der Waals surface area contributed by atoms with Crippen molar-refractivity contribution in [3.63, 3.8) is 0 Å². The van der Waals surface area contributed by atoms with Crippen LogP contribution in [0.5, 0.6) is 0 Å². The Kier molecular flexibility index (Phi) is 6.50. The molecule has 7 aromatic carbocycles. The molecule has 0 unspecified atom stereocenters. The standard InChI is InChI=1S/C45H31N3SSi/c1-50(2)39-18-9-8-15-35(39)36-25-23-32(27-40(36)50)45-47-43(30-12-4-3-5-13-30)46-44(48-45)31-21-19-29(20-22-31)34-16-10-17-37-41(34)42-33-14-7-6-11-28(33)24-26-38(42)49-37/h3-27H,1-2H3. The van der Waals surface area contributed by atoms with Crippen LogP contribution in [0, 0.1) is 0 Å². The highest BCUT2D eigenvalue weighted by Crippen LogP contribution is 2.43. The Bertz CT molecular complexity index is 2780. The lowest BCUT2D eigenvalue weighted by Gasteiger charge is -2.19. The molecule has 3 nitrogen and oxygen atoms in total. The van der Waals surface area contributed by atoms with E-state index in [-0.39, 0.29) is 0 Å². The summed E-state index contributed by atoms with van der Waals surface area (Å²) in [4.78, 5) is 15.2. The first kappa shape index (κ1) is 29.2. The van der Waals surface area contributed by atoms with Crippen LogP contribution < -0.4 is 10.4 Å². The summed E-state index contributed by atoms with van der Waals surface area (Å²) in [6.45, 7) is 4.89. The SMILES string of the molecule is C[Si]1(C)c2ccccc2-c2ccc(-c3nc(-c4ccccc4)nc(-c4ccc(-c5cccc6sc7ccc8ccccc8c7c56)cc4)n3)cc21. The quantitative estimate of drug-likeness (QED) is 0.175. The highest BCUT2D eigenvalue weighted by molar-refractivity contribution is 7.26. The number of thiophene rings is 1. The molecule has 1 aliphatic rings. The van der Waals surface area contributed by atoms with Crippen molar-refractivity contribution in [2.75, 3.05) is 0 Å². The smallest absolute Gasteiger partial charge is 0.164 e. The fourth-order valence-corrected chi connectivity index (χ4v) is 12.1. The molecule has 0 radical (unpaired) electrons. The van der Waals surface area contributed by atoms with Gasteiger partial charge in [-0.15, -0.1) is 11.3 Å². The van der Waals surface area contributed by atoms with Gasteiger partial charge in [-0.3, -0.25) is 0 Å². The van der Waals surface area contributed by atoms with Crippen LogP contribution in [0.25, 0.3) is 87.4 Å². The zero-order valence-electron chi connectivity index (χ0n) is 27.7. The molecular weight excluding hydrogens is 643 g/mol. The molecule has 10 rings (SSSR count). The fourth-order valence-electron chi connectivity index (χ4n) is 7.82. The van der Waals surface area contributed by atoms with Crippen molar-refractivity contribution in [3.05, 3.63) is 152 Å². The van der Waals surface area contributed by atoms with E-state index in [2.05, 4.69) is 147 Å². The van der Waals surface area contributed by atoms with E-state index in [4.69, 9.17) is 15.0 Å². The van der Waals surface area contributed by atoms with Crippen molar-refractivity contribution in [1.82, 2.24) is 15.0 Å². The van der Waals surface area contributed by atoms with Gasteiger partial charge >= 0.3 is 0 Å². The monoisotopic (exact) mass is 673 g/mol. The normalized spacial score (nSPS) is 13.2. The highest BCUT2D eigenvalue weighted by Gasteiger charge is 2.37. The molecule has 5 heteroatoms. The van der Waals surface area contributed by atoms with Crippen molar-refractivity contribution in [3.8, 4) is 56.4 Å². The van der Waals surface area contributed by atoms with Crippen LogP contribution in [0.2, 0.25) is 13.1 Å². The lowest BCUT2D eigenvalue weighted by molar-refractivity contribution is 1.07. The molecule has 2 aromatic heterocycles. The van der Waals surface area contributed by atoms with Gasteiger partial charge in [0.15, 0.2) is 17.5 Å². The summed E-state index contributed by atoms with van der Waals surface area (Å²) in [6, 6.07) is 54.5. The minimum atomic E-state index is -1.86. The Hall–Kier alpha value is -5.75. The summed E-state index contributed by atoms with van der Waals surface area (Å²) in [7, 11) is -1.86. The van der Waals surface area contributed by atoms with Crippen LogP contribution in [0.15, 0.2) is 152 Å². The van der Waals surface area contributed by atoms with Crippen molar-refractivity contribution in [2.45, 2.75) is 13.1 Å². The van der Waals surface area contributed by atoms with E-state index in [1.165, 1.54) is 63.6 Å². The number of nitrogens with zero attached hydrogens (tertiary/aromatic N) is 3. The van der Waals surface area contributed by atoms with Gasteiger partial charge in [-0.25, -0.2) is 15.0 Å². The predicted molar refractivity (Wildman–Crippen MR) is 214 cm³/mol. The first-order chi connectivity index (χ1) is 24.5. The molecule has 0 N–H and O–H groups in total. The molecule has 0 bridgehead atoms. The molecule has 9 aromatic rings. The topological polar surface area (TPSA) is 38.7 Å². The lowest BCUT2D eigenvalue weighted by Crippen LogP contribution is -2.49. The second-order valence-corrected chi connectivity index (χ2v) is 19.0. The van der Waals surface area contributed by atoms with Gasteiger partial charge in [-0.1, -0.05) is 153 Å². The first-order valence-electron chi connectivity index (χ1n) is 17.0. The minimum absolute atomic E-state index is 0.672. The van der Waals surface area contributed by atoms with Crippen LogP contribution in [0.4, 0.5) is 0 Å². The van der Waals surface area contributed by atoms with Crippen LogP contribution in [0.3, 0.4) is 0 Å². The molecule has 0 aliphatic carbocycles. The number of rotatable bonds is 4. The summed E-state index contributed by atoms with van der Waals surface area (Å²) in [6.07, 6.45) is 0. The lowest BCUT2D eigenvalue weighted by atomic mass is 9.96. The molecule has 0 saturated heterocycles. The number of fused-ring (bicyclic) bond motifs is 8. The largest absolute Gasteiger partial charge is 0.208 e. The van der Waals surface area contributed by atoms with Crippen molar-refractivity contribution in [1.29, 1.82) is 0 Å². The Morgan fingerprint density at radius 1 is 0.420 bits per heavy atom. The summed E-state index contributed by atoms with van der Waals surface area (Å²) < 4.78 is 2.62. The van der Waals surface area contributed by atoms with Gasteiger partial charge in [0.1, 0.15) is 8.07 Å². The van der Waals surface area contributed by atoms with Crippen LogP contribution in [-0.2, 0) is 0 Å². The molecule has 0 fully saturated rings. The molecule has 3 heterocycles. The zero-order valence-corrected chi connectivity index (χ0v) is 29.5. The number of aromatic nitrogens is 3. The van der Waals surface area contributed by atoms with E-state index in [1.807, 2.05) is 29.5 Å². The van der Waals surface area contributed by atoms with E-state index >= 15 is 0 Å². The molecule has 1 aliphatic heterocycles. The van der Waals surface area contributed by atoms with Crippen molar-refractivity contribution < 1.29 is 0 Å². The molecule has 0 atom stereocenters.